The van der Waals surface area contributed by atoms with E-state index >= 15 is 0 Å². The van der Waals surface area contributed by atoms with Crippen molar-refractivity contribution in [1.82, 2.24) is 0 Å². The van der Waals surface area contributed by atoms with Gasteiger partial charge in [-0.25, -0.2) is 0 Å². The highest BCUT2D eigenvalue weighted by molar-refractivity contribution is 5.24. The van der Waals surface area contributed by atoms with Crippen molar-refractivity contribution >= 4 is 0 Å². The zero-order chi connectivity index (χ0) is 5.11. The molecule has 0 aliphatic heterocycles. The van der Waals surface area contributed by atoms with Crippen LogP contribution in [-0.4, -0.2) is 0 Å². The van der Waals surface area contributed by atoms with Gasteiger partial charge in [-0.3, -0.25) is 0 Å². The van der Waals surface area contributed by atoms with E-state index < -0.39 is 0 Å². The van der Waals surface area contributed by atoms with E-state index in [1.54, 1.807) is 0 Å². The van der Waals surface area contributed by atoms with Gasteiger partial charge in [0.25, 0.3) is 0 Å². The molecule has 1 aliphatic carbocycles. The maximum absolute atomic E-state index is 5.41. The summed E-state index contributed by atoms with van der Waals surface area (Å²) in [5, 5.41) is 0. The first-order valence-electron chi connectivity index (χ1n) is 2.52. The van der Waals surface area contributed by atoms with E-state index in [1.165, 1.54) is 0 Å². The van der Waals surface area contributed by atoms with Crippen molar-refractivity contribution in [2.75, 3.05) is 0 Å². The molecule has 0 aromatic carbocycles. The van der Waals surface area contributed by atoms with Crippen molar-refractivity contribution in [2.24, 2.45) is 0 Å². The molecule has 0 N–H and O–H groups in total. The number of rotatable bonds is 0. The largest absolute Gasteiger partial charge is 0.0840 e. The van der Waals surface area contributed by atoms with Gasteiger partial charge in [0.2, 0.25) is 0 Å². The number of hydrogen-bond acceptors (Lipinski definition) is 0. The number of allylic oxidation sites excluding steroid dienone is 4. The normalized spacial score (nSPS) is 19.3. The summed E-state index contributed by atoms with van der Waals surface area (Å²) in [4.78, 5) is 0. The molecule has 1 rings (SSSR count). The standard InChI is InChI=1S/C7H8/c1-7-5-3-2-4-6-7/h1,3,5-6H,2,4H2. The lowest BCUT2D eigenvalue weighted by Crippen LogP contribution is -1.76. The van der Waals surface area contributed by atoms with Gasteiger partial charge in [0.05, 0.1) is 0 Å². The molecule has 1 aliphatic rings. The molecular weight excluding hydrogens is 84.1 g/mol. The van der Waals surface area contributed by atoms with Crippen molar-refractivity contribution in [3.8, 4) is 0 Å². The molecule has 0 spiro atoms. The highest BCUT2D eigenvalue weighted by atomic mass is 13.9. The summed E-state index contributed by atoms with van der Waals surface area (Å²) >= 11 is 0. The quantitative estimate of drug-likeness (QED) is 0.428. The minimum atomic E-state index is 0.909. The molecule has 0 heterocycles. The molecule has 0 aromatic heterocycles. The van der Waals surface area contributed by atoms with E-state index in [1.807, 2.05) is 12.2 Å². The summed E-state index contributed by atoms with van der Waals surface area (Å²) < 4.78 is 0. The lowest BCUT2D eigenvalue weighted by atomic mass is 10.1. The zero-order valence-corrected chi connectivity index (χ0v) is 4.22. The van der Waals surface area contributed by atoms with Crippen LogP contribution in [0.15, 0.2) is 23.8 Å². The average molecular weight is 92.1 g/mol. The Kier molecular flexibility index (Phi) is 1.30. The summed E-state index contributed by atoms with van der Waals surface area (Å²) in [5.74, 6) is 0. The van der Waals surface area contributed by atoms with Crippen LogP contribution < -0.4 is 0 Å². The van der Waals surface area contributed by atoms with Crippen LogP contribution in [0.4, 0.5) is 0 Å². The minimum absolute atomic E-state index is 0.909. The maximum Gasteiger partial charge on any atom is -0.00156 e. The fraction of sp³-hybridized carbons (Fsp3) is 0.286. The predicted molar refractivity (Wildman–Crippen MR) is 30.8 cm³/mol. The molecule has 0 saturated carbocycles. The first kappa shape index (κ1) is 4.63. The fourth-order valence-electron chi connectivity index (χ4n) is 0.634. The fourth-order valence-corrected chi connectivity index (χ4v) is 0.634. The Balaban J connectivity index is 2.58. The third kappa shape index (κ3) is 1.19. The Morgan fingerprint density at radius 2 is 2.29 bits per heavy atom. The lowest BCUT2D eigenvalue weighted by Gasteiger charge is -1.96. The van der Waals surface area contributed by atoms with Gasteiger partial charge in [-0.2, -0.15) is 0 Å². The second-order valence-electron chi connectivity index (χ2n) is 1.68. The molecule has 0 fully saturated rings. The van der Waals surface area contributed by atoms with Crippen LogP contribution in [0.2, 0.25) is 0 Å². The van der Waals surface area contributed by atoms with Crippen molar-refractivity contribution in [3.63, 3.8) is 0 Å². The molecule has 0 amide bonds. The molecule has 0 nitrogen and oxygen atoms in total. The van der Waals surface area contributed by atoms with Crippen LogP contribution in [0.25, 0.3) is 0 Å². The Hall–Kier alpha value is -0.520. The summed E-state index contributed by atoms with van der Waals surface area (Å²) in [6.45, 7) is 5.41. The molecule has 7 heavy (non-hydrogen) atoms. The summed E-state index contributed by atoms with van der Waals surface area (Å²) in [5.41, 5.74) is 0.909. The zero-order valence-electron chi connectivity index (χ0n) is 4.22. The highest BCUT2D eigenvalue weighted by Crippen LogP contribution is 2.06. The Labute approximate surface area is 44.5 Å². The van der Waals surface area contributed by atoms with Crippen LogP contribution in [0.1, 0.15) is 12.8 Å². The molecule has 0 atom stereocenters. The smallest absolute Gasteiger partial charge is 0.00156 e. The monoisotopic (exact) mass is 92.1 g/mol. The van der Waals surface area contributed by atoms with Gasteiger partial charge in [0.15, 0.2) is 0 Å². The van der Waals surface area contributed by atoms with E-state index in [-0.39, 0.29) is 0 Å². The SMILES string of the molecule is [CH]C1=CCCC=C1. The summed E-state index contributed by atoms with van der Waals surface area (Å²) in [6, 6.07) is 0. The molecule has 0 bridgehead atoms. The summed E-state index contributed by atoms with van der Waals surface area (Å²) in [7, 11) is 0. The first-order chi connectivity index (χ1) is 3.39. The Bertz CT molecular complexity index is 107. The lowest BCUT2D eigenvalue weighted by molar-refractivity contribution is 1.02. The predicted octanol–water partition coefficient (Wildman–Crippen LogP) is 1.97. The van der Waals surface area contributed by atoms with E-state index in [0.717, 1.165) is 18.4 Å². The molecular formula is C7H8. The third-order valence-corrected chi connectivity index (χ3v) is 1.02. The van der Waals surface area contributed by atoms with Crippen LogP contribution in [0, 0.1) is 6.92 Å². The summed E-state index contributed by atoms with van der Waals surface area (Å²) in [6.07, 6.45) is 8.35. The molecule has 36 valence electrons. The Morgan fingerprint density at radius 1 is 1.43 bits per heavy atom. The minimum Gasteiger partial charge on any atom is -0.0840 e. The highest BCUT2D eigenvalue weighted by Gasteiger charge is 1.86. The van der Waals surface area contributed by atoms with E-state index in [2.05, 4.69) is 6.08 Å². The molecule has 0 heteroatoms. The van der Waals surface area contributed by atoms with Crippen molar-refractivity contribution < 1.29 is 0 Å². The third-order valence-electron chi connectivity index (χ3n) is 1.02. The van der Waals surface area contributed by atoms with Gasteiger partial charge in [-0.1, -0.05) is 18.2 Å². The van der Waals surface area contributed by atoms with Crippen LogP contribution >= 0.6 is 0 Å². The van der Waals surface area contributed by atoms with Gasteiger partial charge in [-0.05, 0) is 25.3 Å². The molecule has 0 aromatic rings. The van der Waals surface area contributed by atoms with E-state index in [4.69, 9.17) is 6.92 Å². The van der Waals surface area contributed by atoms with Gasteiger partial charge in [0, 0.05) is 0 Å². The molecule has 0 unspecified atom stereocenters. The first-order valence-corrected chi connectivity index (χ1v) is 2.52. The second-order valence-corrected chi connectivity index (χ2v) is 1.68. The van der Waals surface area contributed by atoms with E-state index in [9.17, 15) is 0 Å². The van der Waals surface area contributed by atoms with E-state index in [0.29, 0.717) is 0 Å². The number of hydrogen-bond donors (Lipinski definition) is 0. The molecule has 0 saturated heterocycles. The Morgan fingerprint density at radius 3 is 2.57 bits per heavy atom. The van der Waals surface area contributed by atoms with Crippen LogP contribution in [-0.2, 0) is 0 Å². The maximum atomic E-state index is 5.41. The van der Waals surface area contributed by atoms with Gasteiger partial charge in [-0.15, -0.1) is 0 Å². The van der Waals surface area contributed by atoms with Crippen LogP contribution in [0.5, 0.6) is 0 Å². The van der Waals surface area contributed by atoms with Gasteiger partial charge < -0.3 is 0 Å². The van der Waals surface area contributed by atoms with Crippen molar-refractivity contribution in [3.05, 3.63) is 30.7 Å². The second kappa shape index (κ2) is 1.97. The average Bonchev–Trinajstić information content (AvgIpc) is 1.69. The van der Waals surface area contributed by atoms with Crippen molar-refractivity contribution in [1.29, 1.82) is 0 Å². The topological polar surface area (TPSA) is 0 Å². The van der Waals surface area contributed by atoms with Gasteiger partial charge >= 0.3 is 0 Å². The molecule has 2 radical (unpaired) electrons. The van der Waals surface area contributed by atoms with Gasteiger partial charge in [0.1, 0.15) is 0 Å². The van der Waals surface area contributed by atoms with Crippen LogP contribution in [0.3, 0.4) is 0 Å². The van der Waals surface area contributed by atoms with Crippen molar-refractivity contribution in [2.45, 2.75) is 12.8 Å².